The van der Waals surface area contributed by atoms with Crippen molar-refractivity contribution in [2.75, 3.05) is 18.6 Å². The number of hydrogen-bond donors (Lipinski definition) is 1. The van der Waals surface area contributed by atoms with Gasteiger partial charge in [-0.3, -0.25) is 0 Å². The predicted molar refractivity (Wildman–Crippen MR) is 94.6 cm³/mol. The quantitative estimate of drug-likeness (QED) is 0.817. The Balaban J connectivity index is 2.63. The fraction of sp³-hybridized carbons (Fsp3) is 0.333. The van der Waals surface area contributed by atoms with E-state index < -0.39 is 19.7 Å². The Bertz CT molecular complexity index is 943. The van der Waals surface area contributed by atoms with Crippen molar-refractivity contribution in [3.63, 3.8) is 0 Å². The van der Waals surface area contributed by atoms with Crippen LogP contribution in [0.5, 0.6) is 5.75 Å². The van der Waals surface area contributed by atoms with Crippen LogP contribution in [0.4, 0.5) is 5.00 Å². The van der Waals surface area contributed by atoms with Crippen molar-refractivity contribution in [3.8, 4) is 5.75 Å². The molecular weight excluding hydrogens is 370 g/mol. The molecule has 0 atom stereocenters. The summed E-state index contributed by atoms with van der Waals surface area (Å²) in [5, 5.41) is 3.58. The summed E-state index contributed by atoms with van der Waals surface area (Å²) in [7, 11) is -5.72. The first-order valence-electron chi connectivity index (χ1n) is 7.08. The first kappa shape index (κ1) is 18.8. The van der Waals surface area contributed by atoms with Crippen molar-refractivity contribution in [2.45, 2.75) is 34.0 Å². The molecule has 0 radical (unpaired) electrons. The van der Waals surface area contributed by atoms with Gasteiger partial charge in [0.05, 0.1) is 20.9 Å². The van der Waals surface area contributed by atoms with Crippen molar-refractivity contribution >= 4 is 36.0 Å². The lowest BCUT2D eigenvalue weighted by Gasteiger charge is -2.13. The zero-order valence-corrected chi connectivity index (χ0v) is 16.2. The molecule has 0 fully saturated rings. The van der Waals surface area contributed by atoms with Gasteiger partial charge in [0.15, 0.2) is 9.84 Å². The lowest BCUT2D eigenvalue weighted by Crippen LogP contribution is -2.09. The molecule has 1 aromatic carbocycles. The van der Waals surface area contributed by atoms with Crippen molar-refractivity contribution in [2.24, 2.45) is 0 Å². The van der Waals surface area contributed by atoms with Gasteiger partial charge in [0, 0.05) is 13.3 Å². The first-order valence-corrected chi connectivity index (χ1v) is 11.3. The second kappa shape index (κ2) is 6.73. The molecule has 0 aliphatic carbocycles. The van der Waals surface area contributed by atoms with E-state index in [2.05, 4.69) is 5.32 Å². The maximum absolute atomic E-state index is 12.8. The van der Waals surface area contributed by atoms with Gasteiger partial charge in [-0.15, -0.1) is 11.3 Å². The molecule has 132 valence electrons. The number of anilines is 1. The Labute approximate surface area is 146 Å². The lowest BCUT2D eigenvalue weighted by atomic mass is 10.3. The van der Waals surface area contributed by atoms with Gasteiger partial charge in [-0.25, -0.2) is 16.8 Å². The number of hydrogen-bond acceptors (Lipinski definition) is 7. The Morgan fingerprint density at radius 3 is 2.17 bits per heavy atom. The Morgan fingerprint density at radius 1 is 1.04 bits per heavy atom. The second-order valence-corrected chi connectivity index (χ2v) is 10.7. The number of nitrogens with one attached hydrogen (secondary N) is 1. The molecule has 1 N–H and O–H groups in total. The van der Waals surface area contributed by atoms with E-state index in [0.29, 0.717) is 5.00 Å². The molecule has 2 aromatic rings. The molecule has 24 heavy (non-hydrogen) atoms. The van der Waals surface area contributed by atoms with E-state index in [-0.39, 0.29) is 25.9 Å². The van der Waals surface area contributed by atoms with Crippen molar-refractivity contribution in [1.82, 2.24) is 0 Å². The van der Waals surface area contributed by atoms with Crippen LogP contribution in [0.25, 0.3) is 0 Å². The number of ether oxygens (including phenoxy) is 1. The molecule has 6 nitrogen and oxygen atoms in total. The molecule has 0 aliphatic heterocycles. The average molecular weight is 390 g/mol. The van der Waals surface area contributed by atoms with Crippen LogP contribution in [-0.4, -0.2) is 36.2 Å². The van der Waals surface area contributed by atoms with Gasteiger partial charge in [0.2, 0.25) is 9.84 Å². The molecule has 0 saturated carbocycles. The fourth-order valence-corrected chi connectivity index (χ4v) is 5.34. The summed E-state index contributed by atoms with van der Waals surface area (Å²) >= 11 is 1.08. The number of sulfone groups is 2. The van der Waals surface area contributed by atoms with E-state index in [9.17, 15) is 16.8 Å². The Morgan fingerprint density at radius 2 is 1.67 bits per heavy atom. The minimum absolute atomic E-state index is 0.0929. The summed E-state index contributed by atoms with van der Waals surface area (Å²) in [5.41, 5.74) is 0. The summed E-state index contributed by atoms with van der Waals surface area (Å²) in [4.78, 5) is -0.199. The SMILES string of the molecule is CNc1ccc(S(=O)(=O)c2cc(OC(C)C)cc(S(C)(=O)=O)c2)s1. The van der Waals surface area contributed by atoms with Crippen molar-refractivity contribution in [1.29, 1.82) is 0 Å². The van der Waals surface area contributed by atoms with Gasteiger partial charge in [0.25, 0.3) is 0 Å². The minimum atomic E-state index is -3.84. The highest BCUT2D eigenvalue weighted by atomic mass is 32.2. The first-order chi connectivity index (χ1) is 11.0. The van der Waals surface area contributed by atoms with Crippen LogP contribution in [0, 0.1) is 0 Å². The van der Waals surface area contributed by atoms with Crippen LogP contribution in [0.15, 0.2) is 44.3 Å². The van der Waals surface area contributed by atoms with Gasteiger partial charge >= 0.3 is 0 Å². The highest BCUT2D eigenvalue weighted by molar-refractivity contribution is 7.93. The zero-order chi connectivity index (χ0) is 18.1. The molecule has 2 rings (SSSR count). The monoisotopic (exact) mass is 389 g/mol. The van der Waals surface area contributed by atoms with E-state index in [1.54, 1.807) is 27.0 Å². The van der Waals surface area contributed by atoms with Crippen molar-refractivity contribution < 1.29 is 21.6 Å². The van der Waals surface area contributed by atoms with E-state index in [4.69, 9.17) is 4.74 Å². The highest BCUT2D eigenvalue weighted by Crippen LogP contribution is 2.33. The number of benzene rings is 1. The zero-order valence-electron chi connectivity index (χ0n) is 13.7. The highest BCUT2D eigenvalue weighted by Gasteiger charge is 2.23. The van der Waals surface area contributed by atoms with Gasteiger partial charge in [-0.2, -0.15) is 0 Å². The van der Waals surface area contributed by atoms with Gasteiger partial charge < -0.3 is 10.1 Å². The van der Waals surface area contributed by atoms with Crippen LogP contribution >= 0.6 is 11.3 Å². The van der Waals surface area contributed by atoms with Crippen LogP contribution in [0.1, 0.15) is 13.8 Å². The summed E-state index contributed by atoms with van der Waals surface area (Å²) < 4.78 is 55.0. The standard InChI is InChI=1S/C15H19NO5S3/c1-10(2)21-11-7-12(23(4,17)18)9-13(8-11)24(19,20)15-6-5-14(16-3)22-15/h5-10,16H,1-4H3. The van der Waals surface area contributed by atoms with Gasteiger partial charge in [-0.05, 0) is 44.2 Å². The summed E-state index contributed by atoms with van der Waals surface area (Å²) in [6.45, 7) is 3.56. The molecule has 1 heterocycles. The van der Waals surface area contributed by atoms with Gasteiger partial charge in [0.1, 0.15) is 9.96 Å². The molecule has 0 bridgehead atoms. The Hall–Kier alpha value is -1.58. The number of thiophene rings is 1. The smallest absolute Gasteiger partial charge is 0.216 e. The van der Waals surface area contributed by atoms with E-state index in [0.717, 1.165) is 23.7 Å². The Kier molecular flexibility index (Phi) is 5.26. The van der Waals surface area contributed by atoms with E-state index in [1.165, 1.54) is 18.2 Å². The van der Waals surface area contributed by atoms with Crippen molar-refractivity contribution in [3.05, 3.63) is 30.3 Å². The molecule has 9 heteroatoms. The van der Waals surface area contributed by atoms with Crippen LogP contribution in [-0.2, 0) is 19.7 Å². The van der Waals surface area contributed by atoms with Crippen LogP contribution in [0.2, 0.25) is 0 Å². The molecule has 0 spiro atoms. The molecule has 0 aliphatic rings. The summed E-state index contributed by atoms with van der Waals surface area (Å²) in [5.74, 6) is 0.205. The normalized spacial score (nSPS) is 12.4. The fourth-order valence-electron chi connectivity index (χ4n) is 1.97. The maximum atomic E-state index is 12.8. The van der Waals surface area contributed by atoms with E-state index in [1.807, 2.05) is 0 Å². The van der Waals surface area contributed by atoms with Gasteiger partial charge in [-0.1, -0.05) is 0 Å². The summed E-state index contributed by atoms with van der Waals surface area (Å²) in [6, 6.07) is 6.99. The summed E-state index contributed by atoms with van der Waals surface area (Å²) in [6.07, 6.45) is 0.815. The topological polar surface area (TPSA) is 89.5 Å². The molecule has 0 amide bonds. The average Bonchev–Trinajstić information content (AvgIpc) is 2.95. The third-order valence-electron chi connectivity index (χ3n) is 3.06. The third-order valence-corrected chi connectivity index (χ3v) is 7.48. The molecule has 1 aromatic heterocycles. The predicted octanol–water partition coefficient (Wildman–Crippen LogP) is 2.81. The van der Waals surface area contributed by atoms with E-state index >= 15 is 0 Å². The largest absolute Gasteiger partial charge is 0.491 e. The maximum Gasteiger partial charge on any atom is 0.216 e. The lowest BCUT2D eigenvalue weighted by molar-refractivity contribution is 0.241. The molecule has 0 saturated heterocycles. The molecular formula is C15H19NO5S3. The second-order valence-electron chi connectivity index (χ2n) is 5.45. The molecule has 0 unspecified atom stereocenters. The minimum Gasteiger partial charge on any atom is -0.491 e. The van der Waals surface area contributed by atoms with Crippen LogP contribution in [0.3, 0.4) is 0 Å². The number of rotatable bonds is 6. The third kappa shape index (κ3) is 4.08. The van der Waals surface area contributed by atoms with Crippen LogP contribution < -0.4 is 10.1 Å².